The van der Waals surface area contributed by atoms with E-state index in [1.807, 2.05) is 18.2 Å². The first-order valence-electron chi connectivity index (χ1n) is 19.4. The fourth-order valence-corrected chi connectivity index (χ4v) is 9.51. The Morgan fingerprint density at radius 2 is 1.00 bits per heavy atom. The molecule has 0 radical (unpaired) electrons. The second-order valence-corrected chi connectivity index (χ2v) is 14.9. The van der Waals surface area contributed by atoms with Gasteiger partial charge < -0.3 is 4.42 Å². The fourth-order valence-electron chi connectivity index (χ4n) is 9.51. The molecule has 4 heteroatoms. The van der Waals surface area contributed by atoms with Crippen LogP contribution in [0.3, 0.4) is 0 Å². The summed E-state index contributed by atoms with van der Waals surface area (Å²) in [5, 5.41) is 4.44. The SMILES string of the molecule is c1ccc(-c2cc(-c3cccc4c3oc3ccccc34)nc(-n3c4ccccc4c4ccc(C5(c6ccccc6)c6ccccc6-c6ccccc65)cc43)n2)cc1. The van der Waals surface area contributed by atoms with Gasteiger partial charge in [0.05, 0.1) is 27.8 Å². The molecule has 4 nitrogen and oxygen atoms in total. The van der Waals surface area contributed by atoms with Crippen molar-refractivity contribution in [1.29, 1.82) is 0 Å². The Labute approximate surface area is 329 Å². The van der Waals surface area contributed by atoms with Gasteiger partial charge in [-0.2, -0.15) is 0 Å². The quantitative estimate of drug-likeness (QED) is 0.177. The predicted molar refractivity (Wildman–Crippen MR) is 232 cm³/mol. The van der Waals surface area contributed by atoms with Crippen LogP contribution in [0.25, 0.3) is 83.3 Å². The normalized spacial score (nSPS) is 13.1. The number of para-hydroxylation sites is 3. The molecule has 8 aromatic carbocycles. The third-order valence-corrected chi connectivity index (χ3v) is 11.9. The zero-order valence-corrected chi connectivity index (χ0v) is 30.8. The van der Waals surface area contributed by atoms with Gasteiger partial charge in [0, 0.05) is 32.7 Å². The van der Waals surface area contributed by atoms with E-state index in [4.69, 9.17) is 14.4 Å². The lowest BCUT2D eigenvalue weighted by Crippen LogP contribution is -2.28. The summed E-state index contributed by atoms with van der Waals surface area (Å²) >= 11 is 0. The number of aromatic nitrogens is 3. The first kappa shape index (κ1) is 31.8. The van der Waals surface area contributed by atoms with Crippen molar-refractivity contribution in [2.24, 2.45) is 0 Å². The van der Waals surface area contributed by atoms with Crippen LogP contribution in [0.1, 0.15) is 22.3 Å². The van der Waals surface area contributed by atoms with E-state index in [1.54, 1.807) is 0 Å². The predicted octanol–water partition coefficient (Wildman–Crippen LogP) is 13.2. The Balaban J connectivity index is 1.17. The monoisotopic (exact) mass is 727 g/mol. The maximum absolute atomic E-state index is 6.57. The van der Waals surface area contributed by atoms with Gasteiger partial charge in [0.25, 0.3) is 0 Å². The van der Waals surface area contributed by atoms with E-state index in [2.05, 4.69) is 187 Å². The van der Waals surface area contributed by atoms with Crippen LogP contribution in [0.15, 0.2) is 205 Å². The van der Waals surface area contributed by atoms with Gasteiger partial charge in [-0.15, -0.1) is 0 Å². The summed E-state index contributed by atoms with van der Waals surface area (Å²) in [6.45, 7) is 0. The zero-order chi connectivity index (χ0) is 37.5. The first-order valence-corrected chi connectivity index (χ1v) is 19.4. The van der Waals surface area contributed by atoms with Crippen molar-refractivity contribution >= 4 is 43.7 Å². The molecule has 3 heterocycles. The average molecular weight is 728 g/mol. The molecule has 0 atom stereocenters. The molecule has 57 heavy (non-hydrogen) atoms. The van der Waals surface area contributed by atoms with Crippen LogP contribution in [0.4, 0.5) is 0 Å². The highest BCUT2D eigenvalue weighted by Gasteiger charge is 2.46. The van der Waals surface area contributed by atoms with Crippen molar-refractivity contribution < 1.29 is 4.42 Å². The maximum atomic E-state index is 6.57. The number of hydrogen-bond donors (Lipinski definition) is 0. The van der Waals surface area contributed by atoms with E-state index in [0.717, 1.165) is 66.3 Å². The van der Waals surface area contributed by atoms with Gasteiger partial charge in [-0.3, -0.25) is 4.57 Å². The molecular formula is C53H33N3O. The minimum atomic E-state index is -0.543. The molecule has 12 rings (SSSR count). The molecule has 11 aromatic rings. The summed E-state index contributed by atoms with van der Waals surface area (Å²) in [7, 11) is 0. The summed E-state index contributed by atoms with van der Waals surface area (Å²) in [6.07, 6.45) is 0. The highest BCUT2D eigenvalue weighted by Crippen LogP contribution is 2.56. The van der Waals surface area contributed by atoms with E-state index in [-0.39, 0.29) is 0 Å². The van der Waals surface area contributed by atoms with E-state index < -0.39 is 5.41 Å². The largest absolute Gasteiger partial charge is 0.455 e. The molecule has 266 valence electrons. The van der Waals surface area contributed by atoms with Crippen molar-refractivity contribution in [2.75, 3.05) is 0 Å². The number of furan rings is 1. The lowest BCUT2D eigenvalue weighted by Gasteiger charge is -2.34. The number of rotatable bonds is 5. The third-order valence-electron chi connectivity index (χ3n) is 11.9. The van der Waals surface area contributed by atoms with Crippen LogP contribution >= 0.6 is 0 Å². The van der Waals surface area contributed by atoms with Gasteiger partial charge in [-0.05, 0) is 63.7 Å². The van der Waals surface area contributed by atoms with Crippen molar-refractivity contribution in [3.8, 4) is 39.6 Å². The Morgan fingerprint density at radius 3 is 1.79 bits per heavy atom. The summed E-state index contributed by atoms with van der Waals surface area (Å²) in [6, 6.07) is 71.4. The highest BCUT2D eigenvalue weighted by atomic mass is 16.3. The molecule has 0 amide bonds. The number of nitrogens with zero attached hydrogens (tertiary/aromatic N) is 3. The van der Waals surface area contributed by atoms with E-state index in [0.29, 0.717) is 5.95 Å². The van der Waals surface area contributed by atoms with Gasteiger partial charge in [0.2, 0.25) is 5.95 Å². The van der Waals surface area contributed by atoms with Crippen LogP contribution < -0.4 is 0 Å². The van der Waals surface area contributed by atoms with Crippen LogP contribution in [0, 0.1) is 0 Å². The number of benzene rings is 8. The molecule has 1 aliphatic carbocycles. The molecule has 0 fully saturated rings. The van der Waals surface area contributed by atoms with Crippen LogP contribution in [0.2, 0.25) is 0 Å². The van der Waals surface area contributed by atoms with Crippen molar-refractivity contribution in [1.82, 2.24) is 14.5 Å². The molecule has 0 aliphatic heterocycles. The molecule has 0 unspecified atom stereocenters. The van der Waals surface area contributed by atoms with E-state index in [1.165, 1.54) is 33.4 Å². The Hall–Kier alpha value is -7.56. The lowest BCUT2D eigenvalue weighted by molar-refractivity contribution is 0.670. The molecule has 0 saturated heterocycles. The first-order chi connectivity index (χ1) is 28.3. The second kappa shape index (κ2) is 12.2. The summed E-state index contributed by atoms with van der Waals surface area (Å²) in [4.78, 5) is 10.8. The summed E-state index contributed by atoms with van der Waals surface area (Å²) < 4.78 is 8.83. The molecule has 0 spiro atoms. The maximum Gasteiger partial charge on any atom is 0.235 e. The molecule has 1 aliphatic rings. The van der Waals surface area contributed by atoms with Gasteiger partial charge in [-0.25, -0.2) is 9.97 Å². The van der Waals surface area contributed by atoms with E-state index >= 15 is 0 Å². The smallest absolute Gasteiger partial charge is 0.235 e. The minimum absolute atomic E-state index is 0.543. The molecule has 0 saturated carbocycles. The topological polar surface area (TPSA) is 43.9 Å². The number of hydrogen-bond acceptors (Lipinski definition) is 3. The fraction of sp³-hybridized carbons (Fsp3) is 0.0189. The highest BCUT2D eigenvalue weighted by molar-refractivity contribution is 6.11. The van der Waals surface area contributed by atoms with Gasteiger partial charge in [0.1, 0.15) is 11.2 Å². The summed E-state index contributed by atoms with van der Waals surface area (Å²) in [5.74, 6) is 0.601. The van der Waals surface area contributed by atoms with Crippen molar-refractivity contribution in [2.45, 2.75) is 5.41 Å². The van der Waals surface area contributed by atoms with Crippen molar-refractivity contribution in [3.63, 3.8) is 0 Å². The Bertz CT molecular complexity index is 3310. The lowest BCUT2D eigenvalue weighted by atomic mass is 9.67. The van der Waals surface area contributed by atoms with Crippen LogP contribution in [0.5, 0.6) is 0 Å². The Morgan fingerprint density at radius 1 is 0.404 bits per heavy atom. The summed E-state index contributed by atoms with van der Waals surface area (Å²) in [5.41, 5.74) is 14.3. The van der Waals surface area contributed by atoms with Crippen LogP contribution in [-0.4, -0.2) is 14.5 Å². The van der Waals surface area contributed by atoms with Gasteiger partial charge in [0.15, 0.2) is 0 Å². The molecule has 3 aromatic heterocycles. The molecule has 0 bridgehead atoms. The number of fused-ring (bicyclic) bond motifs is 9. The zero-order valence-electron chi connectivity index (χ0n) is 30.8. The molecule has 0 N–H and O–H groups in total. The molecular weight excluding hydrogens is 695 g/mol. The second-order valence-electron chi connectivity index (χ2n) is 14.9. The van der Waals surface area contributed by atoms with Crippen LogP contribution in [-0.2, 0) is 5.41 Å². The van der Waals surface area contributed by atoms with Crippen molar-refractivity contribution in [3.05, 3.63) is 222 Å². The average Bonchev–Trinajstić information content (AvgIpc) is 3.93. The van der Waals surface area contributed by atoms with E-state index in [9.17, 15) is 0 Å². The minimum Gasteiger partial charge on any atom is -0.455 e. The van der Waals surface area contributed by atoms with Gasteiger partial charge >= 0.3 is 0 Å². The Kier molecular flexibility index (Phi) is 6.81. The standard InChI is InChI=1S/C53H33N3O/c1-3-16-34(17-4-1)46-33-47(43-25-15-24-42-41-23-10-14-29-50(41)57-51(42)43)55-52(54-46)56-48-28-13-9-22-39(48)40-31-30-36(32-49(40)56)53(35-18-5-2-6-19-35)44-26-11-7-20-37(44)38-21-8-12-27-45(38)53/h1-33H. The third kappa shape index (κ3) is 4.56. The van der Waals surface area contributed by atoms with Gasteiger partial charge in [-0.1, -0.05) is 170 Å².